The Kier molecular flexibility index (Phi) is 5.96. The number of rotatable bonds is 5. The first-order chi connectivity index (χ1) is 17.4. The van der Waals surface area contributed by atoms with Crippen LogP contribution < -0.4 is 4.74 Å². The van der Waals surface area contributed by atoms with E-state index in [1.807, 2.05) is 25.1 Å². The predicted octanol–water partition coefficient (Wildman–Crippen LogP) is 2.22. The standard InChI is InChI=1S/C25H25N7O4/c1-14-13-31(9-10-32(14)24(34)16-7-5-4-6-8-16)25(35)22(33)17-11-26-20-19(17)18(36-3)12-27-21(20)23-28-15(2)29-30-23/h4-8,11-12,14,26H,9-10,13H2,1-3H3,(H,28,29,30)/t14-/m1/s1. The Morgan fingerprint density at radius 2 is 1.92 bits per heavy atom. The Balaban J connectivity index is 1.39. The van der Waals surface area contributed by atoms with Gasteiger partial charge in [0.05, 0.1) is 29.8 Å². The third-order valence-corrected chi connectivity index (χ3v) is 6.34. The fourth-order valence-corrected chi connectivity index (χ4v) is 4.52. The Morgan fingerprint density at radius 3 is 2.58 bits per heavy atom. The van der Waals surface area contributed by atoms with E-state index < -0.39 is 11.7 Å². The first-order valence-electron chi connectivity index (χ1n) is 11.5. The molecule has 184 valence electrons. The summed E-state index contributed by atoms with van der Waals surface area (Å²) >= 11 is 0. The lowest BCUT2D eigenvalue weighted by Crippen LogP contribution is -2.56. The zero-order valence-corrected chi connectivity index (χ0v) is 20.1. The smallest absolute Gasteiger partial charge is 0.295 e. The molecule has 11 nitrogen and oxygen atoms in total. The molecule has 0 unspecified atom stereocenters. The molecule has 1 fully saturated rings. The van der Waals surface area contributed by atoms with Crippen molar-refractivity contribution in [2.45, 2.75) is 19.9 Å². The van der Waals surface area contributed by atoms with E-state index in [9.17, 15) is 14.4 Å². The number of ether oxygens (including phenoxy) is 1. The maximum absolute atomic E-state index is 13.4. The number of benzene rings is 1. The molecule has 1 aliphatic heterocycles. The lowest BCUT2D eigenvalue weighted by Gasteiger charge is -2.39. The second-order valence-corrected chi connectivity index (χ2v) is 8.67. The number of Topliss-reactive ketones (excluding diaryl/α,β-unsaturated/α-hetero) is 1. The maximum Gasteiger partial charge on any atom is 0.295 e. The highest BCUT2D eigenvalue weighted by Crippen LogP contribution is 2.33. The summed E-state index contributed by atoms with van der Waals surface area (Å²) in [6, 6.07) is 8.78. The number of piperazine rings is 1. The molecule has 1 aliphatic rings. The minimum atomic E-state index is -0.669. The number of aromatic amines is 2. The SMILES string of the molecule is COc1cnc(-c2n[nH]c(C)n2)c2[nH]cc(C(=O)C(=O)N3CCN(C(=O)c4ccccc4)[C@H](C)C3)c12. The Morgan fingerprint density at radius 1 is 1.14 bits per heavy atom. The van der Waals surface area contributed by atoms with Gasteiger partial charge in [-0.05, 0) is 26.0 Å². The monoisotopic (exact) mass is 487 g/mol. The topological polar surface area (TPSA) is 137 Å². The van der Waals surface area contributed by atoms with E-state index in [0.717, 1.165) is 0 Å². The number of pyridine rings is 1. The number of carbonyl (C=O) groups excluding carboxylic acids is 3. The Bertz CT molecular complexity index is 1460. The summed E-state index contributed by atoms with van der Waals surface area (Å²) < 4.78 is 5.45. The van der Waals surface area contributed by atoms with Crippen molar-refractivity contribution in [2.75, 3.05) is 26.7 Å². The van der Waals surface area contributed by atoms with Gasteiger partial charge < -0.3 is 19.5 Å². The van der Waals surface area contributed by atoms with Crippen molar-refractivity contribution in [3.8, 4) is 17.3 Å². The minimum absolute atomic E-state index is 0.0925. The van der Waals surface area contributed by atoms with Crippen molar-refractivity contribution in [3.05, 3.63) is 59.7 Å². The molecule has 1 saturated heterocycles. The Labute approximate surface area is 206 Å². The molecule has 0 bridgehead atoms. The molecular weight excluding hydrogens is 462 g/mol. The van der Waals surface area contributed by atoms with Gasteiger partial charge >= 0.3 is 0 Å². The lowest BCUT2D eigenvalue weighted by atomic mass is 10.1. The van der Waals surface area contributed by atoms with Gasteiger partial charge in [-0.25, -0.2) is 9.97 Å². The molecule has 4 aromatic rings. The number of aryl methyl sites for hydroxylation is 1. The number of nitrogens with zero attached hydrogens (tertiary/aromatic N) is 5. The normalized spacial score (nSPS) is 15.8. The number of hydrogen-bond acceptors (Lipinski definition) is 7. The quantitative estimate of drug-likeness (QED) is 0.325. The highest BCUT2D eigenvalue weighted by Gasteiger charge is 2.34. The fraction of sp³-hybridized carbons (Fsp3) is 0.280. The molecule has 2 amide bonds. The molecule has 0 radical (unpaired) electrons. The minimum Gasteiger partial charge on any atom is -0.494 e. The molecule has 0 spiro atoms. The fourth-order valence-electron chi connectivity index (χ4n) is 4.52. The highest BCUT2D eigenvalue weighted by atomic mass is 16.5. The van der Waals surface area contributed by atoms with Gasteiger partial charge in [-0.15, -0.1) is 0 Å². The molecule has 2 N–H and O–H groups in total. The molecule has 3 aromatic heterocycles. The van der Waals surface area contributed by atoms with Crippen LogP contribution in [0.5, 0.6) is 5.75 Å². The molecule has 5 rings (SSSR count). The van der Waals surface area contributed by atoms with Gasteiger partial charge in [0, 0.05) is 37.4 Å². The third kappa shape index (κ3) is 3.98. The number of amides is 2. The van der Waals surface area contributed by atoms with Crippen molar-refractivity contribution in [1.82, 2.24) is 34.9 Å². The van der Waals surface area contributed by atoms with Gasteiger partial charge in [-0.3, -0.25) is 19.5 Å². The summed E-state index contributed by atoms with van der Waals surface area (Å²) in [4.78, 5) is 54.5. The van der Waals surface area contributed by atoms with Crippen LogP contribution in [0.15, 0.2) is 42.7 Å². The van der Waals surface area contributed by atoms with Crippen LogP contribution in [-0.4, -0.2) is 85.3 Å². The number of carbonyl (C=O) groups is 3. The number of H-pyrrole nitrogens is 2. The largest absolute Gasteiger partial charge is 0.494 e. The van der Waals surface area contributed by atoms with E-state index in [-0.39, 0.29) is 30.6 Å². The number of methoxy groups -OCH3 is 1. The van der Waals surface area contributed by atoms with Gasteiger partial charge in [0.1, 0.15) is 17.3 Å². The summed E-state index contributed by atoms with van der Waals surface area (Å²) in [5.41, 5.74) is 1.70. The van der Waals surface area contributed by atoms with Crippen LogP contribution in [-0.2, 0) is 4.79 Å². The molecular formula is C25H25N7O4. The summed E-state index contributed by atoms with van der Waals surface area (Å²) in [5, 5.41) is 7.37. The average molecular weight is 488 g/mol. The Hall–Kier alpha value is -4.54. The van der Waals surface area contributed by atoms with Crippen LogP contribution >= 0.6 is 0 Å². The van der Waals surface area contributed by atoms with E-state index in [1.165, 1.54) is 24.4 Å². The zero-order chi connectivity index (χ0) is 25.4. The van der Waals surface area contributed by atoms with E-state index in [0.29, 0.717) is 46.1 Å². The van der Waals surface area contributed by atoms with Crippen LogP contribution in [0, 0.1) is 6.92 Å². The second kappa shape index (κ2) is 9.25. The first kappa shape index (κ1) is 23.2. The molecule has 11 heteroatoms. The van der Waals surface area contributed by atoms with Gasteiger partial charge in [-0.2, -0.15) is 5.10 Å². The predicted molar refractivity (Wildman–Crippen MR) is 131 cm³/mol. The van der Waals surface area contributed by atoms with Crippen molar-refractivity contribution in [3.63, 3.8) is 0 Å². The van der Waals surface area contributed by atoms with Gasteiger partial charge in [-0.1, -0.05) is 18.2 Å². The van der Waals surface area contributed by atoms with E-state index in [1.54, 1.807) is 24.0 Å². The summed E-state index contributed by atoms with van der Waals surface area (Å²) in [6.07, 6.45) is 2.96. The molecule has 0 aliphatic carbocycles. The lowest BCUT2D eigenvalue weighted by molar-refractivity contribution is -0.128. The van der Waals surface area contributed by atoms with Gasteiger partial charge in [0.15, 0.2) is 0 Å². The number of nitrogens with one attached hydrogen (secondary N) is 2. The molecule has 1 atom stereocenters. The summed E-state index contributed by atoms with van der Waals surface area (Å²) in [5.74, 6) is -0.0648. The summed E-state index contributed by atoms with van der Waals surface area (Å²) in [7, 11) is 1.47. The van der Waals surface area contributed by atoms with Crippen LogP contribution in [0.25, 0.3) is 22.4 Å². The van der Waals surface area contributed by atoms with Crippen molar-refractivity contribution < 1.29 is 19.1 Å². The molecule has 1 aromatic carbocycles. The molecule has 0 saturated carbocycles. The third-order valence-electron chi connectivity index (χ3n) is 6.34. The number of ketones is 1. The van der Waals surface area contributed by atoms with Crippen LogP contribution in [0.4, 0.5) is 0 Å². The maximum atomic E-state index is 13.4. The van der Waals surface area contributed by atoms with Crippen molar-refractivity contribution in [2.24, 2.45) is 0 Å². The highest BCUT2D eigenvalue weighted by molar-refractivity contribution is 6.45. The zero-order valence-electron chi connectivity index (χ0n) is 20.1. The number of fused-ring (bicyclic) bond motifs is 1. The van der Waals surface area contributed by atoms with Gasteiger partial charge in [0.2, 0.25) is 5.82 Å². The van der Waals surface area contributed by atoms with E-state index >= 15 is 0 Å². The van der Waals surface area contributed by atoms with Crippen LogP contribution in [0.3, 0.4) is 0 Å². The number of aromatic nitrogens is 5. The van der Waals surface area contributed by atoms with E-state index in [4.69, 9.17) is 4.74 Å². The van der Waals surface area contributed by atoms with Crippen LogP contribution in [0.1, 0.15) is 33.5 Å². The average Bonchev–Trinajstić information content (AvgIpc) is 3.54. The number of hydrogen-bond donors (Lipinski definition) is 2. The molecule has 36 heavy (non-hydrogen) atoms. The second-order valence-electron chi connectivity index (χ2n) is 8.67. The molecule has 4 heterocycles. The first-order valence-corrected chi connectivity index (χ1v) is 11.5. The van der Waals surface area contributed by atoms with E-state index in [2.05, 4.69) is 25.1 Å². The van der Waals surface area contributed by atoms with Gasteiger partial charge in [0.25, 0.3) is 17.6 Å². The van der Waals surface area contributed by atoms with Crippen LogP contribution in [0.2, 0.25) is 0 Å². The van der Waals surface area contributed by atoms with Crippen molar-refractivity contribution in [1.29, 1.82) is 0 Å². The summed E-state index contributed by atoms with van der Waals surface area (Å²) in [6.45, 7) is 4.50. The van der Waals surface area contributed by atoms with Crippen molar-refractivity contribution >= 4 is 28.5 Å².